The van der Waals surface area contributed by atoms with Crippen LogP contribution in [0, 0.1) is 11.6 Å². The number of anilines is 2. The van der Waals surface area contributed by atoms with Crippen LogP contribution in [0.3, 0.4) is 0 Å². The maximum Gasteiger partial charge on any atom is 0.321 e. The highest BCUT2D eigenvalue weighted by Gasteiger charge is 2.22. The molecule has 144 valence electrons. The zero-order chi connectivity index (χ0) is 19.5. The molecule has 2 amide bonds. The first kappa shape index (κ1) is 17.8. The molecule has 0 saturated carbocycles. The molecule has 0 bridgehead atoms. The Labute approximate surface area is 159 Å². The van der Waals surface area contributed by atoms with Crippen molar-refractivity contribution in [2.24, 2.45) is 0 Å². The van der Waals surface area contributed by atoms with Gasteiger partial charge in [0.05, 0.1) is 0 Å². The summed E-state index contributed by atoms with van der Waals surface area (Å²) in [7, 11) is 0. The van der Waals surface area contributed by atoms with Gasteiger partial charge in [0, 0.05) is 56.4 Å². The Balaban J connectivity index is 1.38. The summed E-state index contributed by atoms with van der Waals surface area (Å²) in [5.41, 5.74) is 0.0876. The third-order valence-corrected chi connectivity index (χ3v) is 4.38. The predicted octanol–water partition coefficient (Wildman–Crippen LogP) is 2.29. The molecule has 0 unspecified atom stereocenters. The second kappa shape index (κ2) is 7.59. The van der Waals surface area contributed by atoms with Gasteiger partial charge in [-0.25, -0.2) is 28.2 Å². The van der Waals surface area contributed by atoms with Crippen LogP contribution in [0.2, 0.25) is 0 Å². The Kier molecular flexibility index (Phi) is 4.83. The number of halogens is 2. The number of nitrogens with zero attached hydrogens (tertiary/aromatic N) is 6. The highest BCUT2D eigenvalue weighted by Crippen LogP contribution is 2.17. The van der Waals surface area contributed by atoms with Gasteiger partial charge in [-0.15, -0.1) is 0 Å². The minimum atomic E-state index is -0.739. The van der Waals surface area contributed by atoms with Gasteiger partial charge in [0.25, 0.3) is 0 Å². The average molecular weight is 385 g/mol. The van der Waals surface area contributed by atoms with Gasteiger partial charge in [-0.3, -0.25) is 0 Å². The molecule has 1 fully saturated rings. The fourth-order valence-corrected chi connectivity index (χ4v) is 3.01. The van der Waals surface area contributed by atoms with E-state index in [2.05, 4.69) is 20.4 Å². The number of carbonyl (C=O) groups excluding carboxylic acids is 1. The molecule has 3 aromatic rings. The lowest BCUT2D eigenvalue weighted by molar-refractivity contribution is 0.208. The van der Waals surface area contributed by atoms with Crippen LogP contribution in [-0.2, 0) is 0 Å². The summed E-state index contributed by atoms with van der Waals surface area (Å²) in [5.74, 6) is -0.0789. The molecular formula is C18H17F2N7O. The molecule has 1 N–H and O–H groups in total. The number of aromatic nitrogens is 4. The van der Waals surface area contributed by atoms with Crippen molar-refractivity contribution in [2.45, 2.75) is 0 Å². The maximum atomic E-state index is 13.3. The molecule has 10 heteroatoms. The van der Waals surface area contributed by atoms with Crippen molar-refractivity contribution in [2.75, 3.05) is 36.4 Å². The lowest BCUT2D eigenvalue weighted by atomic mass is 10.3. The van der Waals surface area contributed by atoms with Gasteiger partial charge in [0.15, 0.2) is 5.82 Å². The van der Waals surface area contributed by atoms with Crippen LogP contribution in [0.1, 0.15) is 0 Å². The summed E-state index contributed by atoms with van der Waals surface area (Å²) in [5, 5.41) is 6.68. The van der Waals surface area contributed by atoms with Crippen LogP contribution in [-0.4, -0.2) is 56.9 Å². The van der Waals surface area contributed by atoms with Gasteiger partial charge in [-0.1, -0.05) is 0 Å². The molecule has 0 radical (unpaired) electrons. The van der Waals surface area contributed by atoms with E-state index >= 15 is 0 Å². The topological polar surface area (TPSA) is 79.2 Å². The smallest absolute Gasteiger partial charge is 0.321 e. The second-order valence-electron chi connectivity index (χ2n) is 6.25. The van der Waals surface area contributed by atoms with Crippen LogP contribution in [0.25, 0.3) is 5.82 Å². The van der Waals surface area contributed by atoms with Crippen molar-refractivity contribution in [3.63, 3.8) is 0 Å². The van der Waals surface area contributed by atoms with E-state index in [9.17, 15) is 13.6 Å². The molecule has 3 heterocycles. The largest absolute Gasteiger partial charge is 0.353 e. The van der Waals surface area contributed by atoms with Gasteiger partial charge in [0.1, 0.15) is 23.8 Å². The zero-order valence-electron chi connectivity index (χ0n) is 14.8. The molecule has 28 heavy (non-hydrogen) atoms. The monoisotopic (exact) mass is 385 g/mol. The molecular weight excluding hydrogens is 368 g/mol. The maximum absolute atomic E-state index is 13.3. The van der Waals surface area contributed by atoms with Crippen molar-refractivity contribution < 1.29 is 13.6 Å². The first-order valence-electron chi connectivity index (χ1n) is 8.67. The molecule has 1 saturated heterocycles. The van der Waals surface area contributed by atoms with Gasteiger partial charge in [-0.05, 0) is 18.2 Å². The van der Waals surface area contributed by atoms with Crippen LogP contribution < -0.4 is 10.2 Å². The first-order chi connectivity index (χ1) is 13.6. The highest BCUT2D eigenvalue weighted by atomic mass is 19.1. The molecule has 4 rings (SSSR count). The third-order valence-electron chi connectivity index (χ3n) is 4.38. The van der Waals surface area contributed by atoms with Crippen molar-refractivity contribution in [3.8, 4) is 5.82 Å². The number of nitrogens with one attached hydrogen (secondary N) is 1. The molecule has 0 atom stereocenters. The van der Waals surface area contributed by atoms with E-state index in [-0.39, 0.29) is 5.69 Å². The van der Waals surface area contributed by atoms with E-state index < -0.39 is 17.7 Å². The first-order valence-corrected chi connectivity index (χ1v) is 8.67. The molecule has 1 aliphatic heterocycles. The number of urea groups is 1. The summed E-state index contributed by atoms with van der Waals surface area (Å²) in [4.78, 5) is 24.5. The average Bonchev–Trinajstić information content (AvgIpc) is 3.22. The van der Waals surface area contributed by atoms with Crippen LogP contribution in [0.4, 0.5) is 25.1 Å². The summed E-state index contributed by atoms with van der Waals surface area (Å²) in [6, 6.07) is 6.16. The molecule has 8 nitrogen and oxygen atoms in total. The van der Waals surface area contributed by atoms with Gasteiger partial charge >= 0.3 is 6.03 Å². The summed E-state index contributed by atoms with van der Waals surface area (Å²) in [6.07, 6.45) is 4.94. The number of amides is 2. The molecule has 1 aromatic carbocycles. The SMILES string of the molecule is O=C(Nc1cc(F)cc(F)c1)N1CCN(c2cc(-n3cccn3)ncn2)CC1. The lowest BCUT2D eigenvalue weighted by Crippen LogP contribution is -2.50. The molecule has 0 aliphatic carbocycles. The lowest BCUT2D eigenvalue weighted by Gasteiger charge is -2.35. The second-order valence-corrected chi connectivity index (χ2v) is 6.25. The fourth-order valence-electron chi connectivity index (χ4n) is 3.01. The minimum Gasteiger partial charge on any atom is -0.353 e. The van der Waals surface area contributed by atoms with E-state index in [1.165, 1.54) is 6.33 Å². The van der Waals surface area contributed by atoms with E-state index in [0.29, 0.717) is 32.0 Å². The molecule has 0 spiro atoms. The number of rotatable bonds is 3. The highest BCUT2D eigenvalue weighted by molar-refractivity contribution is 5.89. The summed E-state index contributed by atoms with van der Waals surface area (Å²) >= 11 is 0. The van der Waals surface area contributed by atoms with Crippen LogP contribution in [0.5, 0.6) is 0 Å². The Morgan fingerprint density at radius 3 is 2.36 bits per heavy atom. The van der Waals surface area contributed by atoms with E-state index in [1.807, 2.05) is 17.0 Å². The Bertz CT molecular complexity index is 952. The van der Waals surface area contributed by atoms with Crippen LogP contribution >= 0.6 is 0 Å². The minimum absolute atomic E-state index is 0.0876. The number of carbonyl (C=O) groups is 1. The van der Waals surface area contributed by atoms with E-state index in [4.69, 9.17) is 0 Å². The van der Waals surface area contributed by atoms with Crippen molar-refractivity contribution in [3.05, 3.63) is 60.7 Å². The number of hydrogen-bond donors (Lipinski definition) is 1. The fraction of sp³-hybridized carbons (Fsp3) is 0.222. The van der Waals surface area contributed by atoms with Crippen LogP contribution in [0.15, 0.2) is 49.1 Å². The van der Waals surface area contributed by atoms with Crippen molar-refractivity contribution in [1.82, 2.24) is 24.6 Å². The van der Waals surface area contributed by atoms with Gasteiger partial charge in [-0.2, -0.15) is 5.10 Å². The van der Waals surface area contributed by atoms with Crippen molar-refractivity contribution in [1.29, 1.82) is 0 Å². The number of benzene rings is 1. The normalized spacial score (nSPS) is 14.2. The zero-order valence-corrected chi connectivity index (χ0v) is 14.8. The Hall–Kier alpha value is -3.56. The number of piperazine rings is 1. The number of hydrogen-bond acceptors (Lipinski definition) is 5. The van der Waals surface area contributed by atoms with E-state index in [0.717, 1.165) is 24.0 Å². The van der Waals surface area contributed by atoms with Crippen molar-refractivity contribution >= 4 is 17.5 Å². The Morgan fingerprint density at radius 2 is 1.68 bits per heavy atom. The summed E-state index contributed by atoms with van der Waals surface area (Å²) < 4.78 is 28.2. The summed E-state index contributed by atoms with van der Waals surface area (Å²) in [6.45, 7) is 2.04. The molecule has 1 aliphatic rings. The van der Waals surface area contributed by atoms with Gasteiger partial charge < -0.3 is 15.1 Å². The third kappa shape index (κ3) is 3.90. The van der Waals surface area contributed by atoms with Gasteiger partial charge in [0.2, 0.25) is 0 Å². The quantitative estimate of drug-likeness (QED) is 0.748. The Morgan fingerprint density at radius 1 is 0.964 bits per heavy atom. The predicted molar refractivity (Wildman–Crippen MR) is 98.3 cm³/mol. The van der Waals surface area contributed by atoms with E-state index in [1.54, 1.807) is 22.0 Å². The standard InChI is InChI=1S/C18H17F2N7O/c19-13-8-14(20)10-15(9-13)24-18(28)26-6-4-25(5-7-26)16-11-17(22-12-21-16)27-3-1-2-23-27/h1-3,8-12H,4-7H2,(H,24,28). The molecule has 2 aromatic heterocycles.